The van der Waals surface area contributed by atoms with Gasteiger partial charge in [0.1, 0.15) is 0 Å². The molecule has 28 heavy (non-hydrogen) atoms. The van der Waals surface area contributed by atoms with Crippen LogP contribution >= 0.6 is 0 Å². The van der Waals surface area contributed by atoms with E-state index in [-0.39, 0.29) is 24.5 Å². The molecule has 0 saturated carbocycles. The van der Waals surface area contributed by atoms with Gasteiger partial charge in [-0.1, -0.05) is 0 Å². The van der Waals surface area contributed by atoms with E-state index >= 15 is 0 Å². The third-order valence-corrected chi connectivity index (χ3v) is 5.84. The lowest BCUT2D eigenvalue weighted by Crippen LogP contribution is -2.44. The first-order valence-corrected chi connectivity index (χ1v) is 10.1. The van der Waals surface area contributed by atoms with E-state index in [2.05, 4.69) is 12.2 Å². The number of carbonyl (C=O) groups is 3. The number of nitrogens with zero attached hydrogens (tertiary/aromatic N) is 2. The largest absolute Gasteiger partial charge is 0.481 e. The molecule has 2 N–H and O–H groups in total. The number of carbonyl (C=O) groups excluding carboxylic acids is 2. The fourth-order valence-electron chi connectivity index (χ4n) is 4.06. The van der Waals surface area contributed by atoms with Crippen LogP contribution < -0.4 is 5.32 Å². The summed E-state index contributed by atoms with van der Waals surface area (Å²) < 4.78 is 0. The second-order valence-corrected chi connectivity index (χ2v) is 7.93. The molecule has 2 atom stereocenters. The normalized spacial score (nSPS) is 22.6. The van der Waals surface area contributed by atoms with Gasteiger partial charge in [0.15, 0.2) is 0 Å². The van der Waals surface area contributed by atoms with E-state index in [0.717, 1.165) is 31.4 Å². The molecule has 0 spiro atoms. The van der Waals surface area contributed by atoms with Crippen LogP contribution in [0.15, 0.2) is 18.2 Å². The van der Waals surface area contributed by atoms with Gasteiger partial charge in [-0.3, -0.25) is 9.59 Å². The highest BCUT2D eigenvalue weighted by molar-refractivity contribution is 5.96. The van der Waals surface area contributed by atoms with E-state index in [4.69, 9.17) is 0 Å². The van der Waals surface area contributed by atoms with Gasteiger partial charge < -0.3 is 20.2 Å². The van der Waals surface area contributed by atoms with E-state index in [1.807, 2.05) is 17.9 Å². The number of aryl methyl sites for hydroxylation is 1. The molecule has 2 saturated heterocycles. The summed E-state index contributed by atoms with van der Waals surface area (Å²) in [6.45, 7) is 5.52. The topological polar surface area (TPSA) is 90.0 Å². The molecule has 2 heterocycles. The average molecular weight is 387 g/mol. The van der Waals surface area contributed by atoms with Gasteiger partial charge in [-0.2, -0.15) is 0 Å². The predicted octanol–water partition coefficient (Wildman–Crippen LogP) is 3.34. The standard InChI is InChI=1S/C21H29N3O4/c1-14-12-16(19(25)24-11-4-3-6-15(24)2)8-9-18(14)22-21(28)23-10-5-7-17(13-23)20(26)27/h8-9,12,15,17H,3-7,10-11,13H2,1-2H3,(H,22,28)(H,26,27). The van der Waals surface area contributed by atoms with Crippen LogP contribution in [0.1, 0.15) is 54.9 Å². The zero-order valence-corrected chi connectivity index (χ0v) is 16.6. The molecule has 2 unspecified atom stereocenters. The molecule has 2 fully saturated rings. The van der Waals surface area contributed by atoms with Crippen molar-refractivity contribution in [3.8, 4) is 0 Å². The Labute approximate surface area is 165 Å². The lowest BCUT2D eigenvalue weighted by Gasteiger charge is -2.33. The molecule has 0 bridgehead atoms. The number of amides is 3. The zero-order valence-electron chi connectivity index (χ0n) is 16.6. The summed E-state index contributed by atoms with van der Waals surface area (Å²) >= 11 is 0. The SMILES string of the molecule is Cc1cc(C(=O)N2CCCCC2C)ccc1NC(=O)N1CCCC(C(=O)O)C1. The van der Waals surface area contributed by atoms with Crippen LogP contribution in [0.3, 0.4) is 0 Å². The number of carboxylic acids is 1. The molecule has 7 heteroatoms. The van der Waals surface area contributed by atoms with Crippen LogP contribution in [0.2, 0.25) is 0 Å². The molecule has 0 aromatic heterocycles. The van der Waals surface area contributed by atoms with Gasteiger partial charge in [0.05, 0.1) is 5.92 Å². The molecule has 152 valence electrons. The van der Waals surface area contributed by atoms with Crippen molar-refractivity contribution in [1.82, 2.24) is 9.80 Å². The highest BCUT2D eigenvalue weighted by atomic mass is 16.4. The van der Waals surface area contributed by atoms with Crippen molar-refractivity contribution in [3.05, 3.63) is 29.3 Å². The van der Waals surface area contributed by atoms with Gasteiger partial charge in [-0.25, -0.2) is 4.79 Å². The monoisotopic (exact) mass is 387 g/mol. The van der Waals surface area contributed by atoms with Crippen molar-refractivity contribution < 1.29 is 19.5 Å². The Morgan fingerprint density at radius 2 is 1.89 bits per heavy atom. The lowest BCUT2D eigenvalue weighted by molar-refractivity contribution is -0.143. The number of likely N-dealkylation sites (tertiary alicyclic amines) is 2. The molecule has 1 aromatic carbocycles. The third-order valence-electron chi connectivity index (χ3n) is 5.84. The van der Waals surface area contributed by atoms with Crippen LogP contribution in [-0.4, -0.2) is 58.5 Å². The van der Waals surface area contributed by atoms with E-state index in [1.54, 1.807) is 17.0 Å². The number of hydrogen-bond donors (Lipinski definition) is 2. The molecule has 7 nitrogen and oxygen atoms in total. The fourth-order valence-corrected chi connectivity index (χ4v) is 4.06. The summed E-state index contributed by atoms with van der Waals surface area (Å²) in [6, 6.07) is 5.28. The maximum atomic E-state index is 12.8. The van der Waals surface area contributed by atoms with Crippen molar-refractivity contribution in [3.63, 3.8) is 0 Å². The molecule has 2 aliphatic rings. The van der Waals surface area contributed by atoms with Crippen molar-refractivity contribution in [2.75, 3.05) is 25.0 Å². The minimum atomic E-state index is -0.858. The zero-order chi connectivity index (χ0) is 20.3. The molecule has 2 aliphatic heterocycles. The van der Waals surface area contributed by atoms with Crippen LogP contribution in [0.4, 0.5) is 10.5 Å². The third kappa shape index (κ3) is 4.46. The van der Waals surface area contributed by atoms with Crippen molar-refractivity contribution in [2.45, 2.75) is 52.0 Å². The predicted molar refractivity (Wildman–Crippen MR) is 106 cm³/mol. The molecule has 3 amide bonds. The van der Waals surface area contributed by atoms with Crippen LogP contribution in [-0.2, 0) is 4.79 Å². The Bertz CT molecular complexity index is 764. The molecule has 3 rings (SSSR count). The van der Waals surface area contributed by atoms with Crippen LogP contribution in [0.5, 0.6) is 0 Å². The van der Waals surface area contributed by atoms with Crippen molar-refractivity contribution in [2.24, 2.45) is 5.92 Å². The number of hydrogen-bond acceptors (Lipinski definition) is 3. The summed E-state index contributed by atoms with van der Waals surface area (Å²) in [4.78, 5) is 40.0. The second-order valence-electron chi connectivity index (χ2n) is 7.93. The number of rotatable bonds is 3. The van der Waals surface area contributed by atoms with Crippen LogP contribution in [0.25, 0.3) is 0 Å². The van der Waals surface area contributed by atoms with E-state index in [0.29, 0.717) is 30.6 Å². The van der Waals surface area contributed by atoms with Crippen molar-refractivity contribution >= 4 is 23.6 Å². The quantitative estimate of drug-likeness (QED) is 0.832. The highest BCUT2D eigenvalue weighted by Crippen LogP contribution is 2.23. The van der Waals surface area contributed by atoms with Gasteiger partial charge in [-0.15, -0.1) is 0 Å². The van der Waals surface area contributed by atoms with Gasteiger partial charge >= 0.3 is 12.0 Å². The summed E-state index contributed by atoms with van der Waals surface area (Å²) in [5, 5.41) is 12.0. The van der Waals surface area contributed by atoms with E-state index in [9.17, 15) is 19.5 Å². The Kier molecular flexibility index (Phi) is 6.21. The summed E-state index contributed by atoms with van der Waals surface area (Å²) in [7, 11) is 0. The number of aliphatic carboxylic acids is 1. The molecular weight excluding hydrogens is 358 g/mol. The van der Waals surface area contributed by atoms with Crippen LogP contribution in [0, 0.1) is 12.8 Å². The molecule has 1 aromatic rings. The number of nitrogens with one attached hydrogen (secondary N) is 1. The molecular formula is C21H29N3O4. The first-order valence-electron chi connectivity index (χ1n) is 10.1. The lowest BCUT2D eigenvalue weighted by atomic mass is 9.99. The highest BCUT2D eigenvalue weighted by Gasteiger charge is 2.28. The minimum Gasteiger partial charge on any atom is -0.481 e. The average Bonchev–Trinajstić information content (AvgIpc) is 2.69. The van der Waals surface area contributed by atoms with Gasteiger partial charge in [0.25, 0.3) is 5.91 Å². The van der Waals surface area contributed by atoms with Gasteiger partial charge in [0, 0.05) is 36.9 Å². The number of carboxylic acid groups (broad SMARTS) is 1. The second kappa shape index (κ2) is 8.63. The molecule has 0 aliphatic carbocycles. The number of benzene rings is 1. The smallest absolute Gasteiger partial charge is 0.321 e. The number of piperidine rings is 2. The van der Waals surface area contributed by atoms with Gasteiger partial charge in [0.2, 0.25) is 0 Å². The minimum absolute atomic E-state index is 0.0357. The Morgan fingerprint density at radius 3 is 2.57 bits per heavy atom. The summed E-state index contributed by atoms with van der Waals surface area (Å²) in [6.07, 6.45) is 4.52. The Morgan fingerprint density at radius 1 is 1.11 bits per heavy atom. The van der Waals surface area contributed by atoms with Gasteiger partial charge in [-0.05, 0) is 69.7 Å². The Balaban J connectivity index is 1.66. The molecule has 0 radical (unpaired) electrons. The van der Waals surface area contributed by atoms with Crippen molar-refractivity contribution in [1.29, 1.82) is 0 Å². The summed E-state index contributed by atoms with van der Waals surface area (Å²) in [5.41, 5.74) is 2.09. The first kappa shape index (κ1) is 20.2. The Hall–Kier alpha value is -2.57. The number of urea groups is 1. The van der Waals surface area contributed by atoms with E-state index in [1.165, 1.54) is 0 Å². The summed E-state index contributed by atoms with van der Waals surface area (Å²) in [5.74, 6) is -1.33. The maximum Gasteiger partial charge on any atom is 0.321 e. The first-order chi connectivity index (χ1) is 13.4. The fraction of sp³-hybridized carbons (Fsp3) is 0.571. The number of anilines is 1. The maximum absolute atomic E-state index is 12.8. The van der Waals surface area contributed by atoms with E-state index < -0.39 is 11.9 Å².